The lowest BCUT2D eigenvalue weighted by Gasteiger charge is -2.14. The molecule has 108 valence electrons. The Hall–Kier alpha value is -2.27. The Bertz CT molecular complexity index is 650. The largest absolute Gasteiger partial charge is 0.389 e. The predicted molar refractivity (Wildman–Crippen MR) is 87.2 cm³/mol. The molecule has 21 heavy (non-hydrogen) atoms. The van der Waals surface area contributed by atoms with Crippen LogP contribution in [0.3, 0.4) is 0 Å². The first-order chi connectivity index (χ1) is 9.97. The molecule has 0 radical (unpaired) electrons. The van der Waals surface area contributed by atoms with Gasteiger partial charge in [-0.2, -0.15) is 0 Å². The number of hydrogen-bond acceptors (Lipinski definition) is 3. The minimum atomic E-state index is -0.224. The van der Waals surface area contributed by atoms with Crippen molar-refractivity contribution in [3.63, 3.8) is 0 Å². The average molecular weight is 299 g/mol. The number of amides is 1. The highest BCUT2D eigenvalue weighted by atomic mass is 32.1. The van der Waals surface area contributed by atoms with E-state index in [1.807, 2.05) is 38.1 Å². The number of carbonyl (C=O) groups is 1. The van der Waals surface area contributed by atoms with Gasteiger partial charge in [-0.05, 0) is 31.5 Å². The van der Waals surface area contributed by atoms with E-state index >= 15 is 0 Å². The van der Waals surface area contributed by atoms with E-state index in [1.165, 1.54) is 11.8 Å². The van der Waals surface area contributed by atoms with Crippen LogP contribution in [0.5, 0.6) is 0 Å². The predicted octanol–water partition coefficient (Wildman–Crippen LogP) is 2.52. The number of carbonyl (C=O) groups excluding carboxylic acids is 1. The van der Waals surface area contributed by atoms with Crippen LogP contribution in [-0.2, 0) is 0 Å². The number of aromatic nitrogens is 1. The number of hydrogen-bond donors (Lipinski definition) is 2. The number of nitrogens with two attached hydrogens (primary N) is 1. The summed E-state index contributed by atoms with van der Waals surface area (Å²) in [5.41, 5.74) is 8.72. The van der Waals surface area contributed by atoms with Gasteiger partial charge in [0.25, 0.3) is 5.91 Å². The zero-order valence-electron chi connectivity index (χ0n) is 12.0. The van der Waals surface area contributed by atoms with Crippen molar-refractivity contribution in [2.75, 3.05) is 0 Å². The van der Waals surface area contributed by atoms with Crippen LogP contribution in [0.25, 0.3) is 0 Å². The van der Waals surface area contributed by atoms with Crippen molar-refractivity contribution in [1.29, 1.82) is 0 Å². The molecule has 0 bridgehead atoms. The molecule has 1 heterocycles. The molecule has 0 aliphatic carbocycles. The molecule has 0 spiro atoms. The van der Waals surface area contributed by atoms with Crippen molar-refractivity contribution in [2.45, 2.75) is 19.9 Å². The summed E-state index contributed by atoms with van der Waals surface area (Å²) >= 11 is 4.85. The molecule has 0 fully saturated rings. The number of benzene rings is 1. The van der Waals surface area contributed by atoms with Crippen molar-refractivity contribution in [1.82, 2.24) is 10.3 Å². The maximum absolute atomic E-state index is 12.1. The fourth-order valence-corrected chi connectivity index (χ4v) is 2.00. The topological polar surface area (TPSA) is 68.0 Å². The van der Waals surface area contributed by atoms with Gasteiger partial charge >= 0.3 is 0 Å². The second kappa shape index (κ2) is 6.45. The van der Waals surface area contributed by atoms with E-state index in [0.29, 0.717) is 11.3 Å². The van der Waals surface area contributed by atoms with Crippen molar-refractivity contribution >= 4 is 23.1 Å². The first kappa shape index (κ1) is 15.1. The van der Waals surface area contributed by atoms with Crippen LogP contribution in [0.15, 0.2) is 42.6 Å². The van der Waals surface area contributed by atoms with E-state index in [-0.39, 0.29) is 16.9 Å². The zero-order chi connectivity index (χ0) is 15.4. The number of nitrogens with one attached hydrogen (secondary N) is 1. The standard InChI is InChI=1S/C16H17N3OS/c1-10-3-5-12(6-4-10)11(2)19-16(20)14-8-7-13(9-18-14)15(17)21/h3-9,11H,1-2H3,(H2,17,21)(H,19,20). The Morgan fingerprint density at radius 3 is 2.43 bits per heavy atom. The minimum absolute atomic E-state index is 0.0878. The van der Waals surface area contributed by atoms with E-state index in [1.54, 1.807) is 12.1 Å². The summed E-state index contributed by atoms with van der Waals surface area (Å²) < 4.78 is 0. The molecule has 0 aliphatic rings. The Balaban J connectivity index is 2.06. The lowest BCUT2D eigenvalue weighted by molar-refractivity contribution is 0.0935. The number of rotatable bonds is 4. The maximum atomic E-state index is 12.1. The van der Waals surface area contributed by atoms with Crippen LogP contribution in [0.2, 0.25) is 0 Å². The summed E-state index contributed by atoms with van der Waals surface area (Å²) in [5, 5.41) is 2.92. The second-order valence-corrected chi connectivity index (χ2v) is 5.34. The van der Waals surface area contributed by atoms with E-state index < -0.39 is 0 Å². The van der Waals surface area contributed by atoms with Gasteiger partial charge in [-0.15, -0.1) is 0 Å². The number of pyridine rings is 1. The Labute approximate surface area is 129 Å². The highest BCUT2D eigenvalue weighted by Gasteiger charge is 2.12. The fourth-order valence-electron chi connectivity index (χ4n) is 1.88. The van der Waals surface area contributed by atoms with Gasteiger partial charge in [0.1, 0.15) is 10.7 Å². The van der Waals surface area contributed by atoms with Gasteiger partial charge in [0, 0.05) is 11.8 Å². The first-order valence-electron chi connectivity index (χ1n) is 6.60. The quantitative estimate of drug-likeness (QED) is 0.851. The molecule has 2 aromatic rings. The molecule has 4 nitrogen and oxygen atoms in total. The Morgan fingerprint density at radius 2 is 1.90 bits per heavy atom. The van der Waals surface area contributed by atoms with Gasteiger partial charge in [0.2, 0.25) is 0 Å². The third-order valence-electron chi connectivity index (χ3n) is 3.21. The normalized spacial score (nSPS) is 11.7. The lowest BCUT2D eigenvalue weighted by Crippen LogP contribution is -2.27. The SMILES string of the molecule is Cc1ccc(C(C)NC(=O)c2ccc(C(N)=S)cn2)cc1. The molecule has 1 aromatic carbocycles. The summed E-state index contributed by atoms with van der Waals surface area (Å²) in [5.74, 6) is -0.224. The average Bonchev–Trinajstić information content (AvgIpc) is 2.47. The minimum Gasteiger partial charge on any atom is -0.389 e. The number of aryl methyl sites for hydroxylation is 1. The maximum Gasteiger partial charge on any atom is 0.270 e. The van der Waals surface area contributed by atoms with Gasteiger partial charge in [0.05, 0.1) is 6.04 Å². The second-order valence-electron chi connectivity index (χ2n) is 4.90. The Morgan fingerprint density at radius 1 is 1.24 bits per heavy atom. The van der Waals surface area contributed by atoms with Crippen molar-refractivity contribution < 1.29 is 4.79 Å². The van der Waals surface area contributed by atoms with Crippen LogP contribution in [-0.4, -0.2) is 15.9 Å². The van der Waals surface area contributed by atoms with Crippen molar-refractivity contribution in [3.05, 3.63) is 65.0 Å². The van der Waals surface area contributed by atoms with Crippen LogP contribution in [0.4, 0.5) is 0 Å². The molecule has 0 saturated heterocycles. The zero-order valence-corrected chi connectivity index (χ0v) is 12.8. The molecule has 0 saturated carbocycles. The summed E-state index contributed by atoms with van der Waals surface area (Å²) in [6.45, 7) is 3.96. The van der Waals surface area contributed by atoms with Crippen molar-refractivity contribution in [2.24, 2.45) is 5.73 Å². The van der Waals surface area contributed by atoms with Gasteiger partial charge in [-0.3, -0.25) is 9.78 Å². The molecule has 0 aliphatic heterocycles. The highest BCUT2D eigenvalue weighted by Crippen LogP contribution is 2.13. The van der Waals surface area contributed by atoms with E-state index in [9.17, 15) is 4.79 Å². The summed E-state index contributed by atoms with van der Waals surface area (Å²) in [6.07, 6.45) is 1.51. The third-order valence-corrected chi connectivity index (χ3v) is 3.44. The third kappa shape index (κ3) is 3.86. The molecular formula is C16H17N3OS. The van der Waals surface area contributed by atoms with E-state index in [2.05, 4.69) is 10.3 Å². The summed E-state index contributed by atoms with van der Waals surface area (Å²) in [7, 11) is 0. The van der Waals surface area contributed by atoms with E-state index in [0.717, 1.165) is 5.56 Å². The molecule has 1 amide bonds. The van der Waals surface area contributed by atoms with Gasteiger partial charge in [-0.25, -0.2) is 0 Å². The lowest BCUT2D eigenvalue weighted by atomic mass is 10.1. The van der Waals surface area contributed by atoms with Gasteiger partial charge in [0.15, 0.2) is 0 Å². The van der Waals surface area contributed by atoms with Crippen molar-refractivity contribution in [3.8, 4) is 0 Å². The van der Waals surface area contributed by atoms with Gasteiger partial charge in [-0.1, -0.05) is 42.0 Å². The summed E-state index contributed by atoms with van der Waals surface area (Å²) in [4.78, 5) is 16.5. The van der Waals surface area contributed by atoms with Crippen LogP contribution >= 0.6 is 12.2 Å². The highest BCUT2D eigenvalue weighted by molar-refractivity contribution is 7.80. The molecule has 2 rings (SSSR count). The smallest absolute Gasteiger partial charge is 0.270 e. The van der Waals surface area contributed by atoms with E-state index in [4.69, 9.17) is 18.0 Å². The molecular weight excluding hydrogens is 282 g/mol. The summed E-state index contributed by atoms with van der Waals surface area (Å²) in [6, 6.07) is 11.3. The van der Waals surface area contributed by atoms with Crippen LogP contribution in [0, 0.1) is 6.92 Å². The number of nitrogens with zero attached hydrogens (tertiary/aromatic N) is 1. The molecule has 3 N–H and O–H groups in total. The van der Waals surface area contributed by atoms with Gasteiger partial charge < -0.3 is 11.1 Å². The molecule has 1 aromatic heterocycles. The van der Waals surface area contributed by atoms with Crippen LogP contribution in [0.1, 0.15) is 40.1 Å². The molecule has 5 heteroatoms. The fraction of sp³-hybridized carbons (Fsp3) is 0.188. The Kier molecular flexibility index (Phi) is 4.65. The van der Waals surface area contributed by atoms with Crippen LogP contribution < -0.4 is 11.1 Å². The molecule has 1 atom stereocenters. The monoisotopic (exact) mass is 299 g/mol. The first-order valence-corrected chi connectivity index (χ1v) is 7.01. The number of thiocarbonyl (C=S) groups is 1. The molecule has 1 unspecified atom stereocenters.